The largest absolute Gasteiger partial charge is 0.354 e. The molecule has 1 amide bonds. The second kappa shape index (κ2) is 10.9. The molecule has 1 heterocycles. The van der Waals surface area contributed by atoms with Gasteiger partial charge in [-0.1, -0.05) is 31.9 Å². The zero-order valence-electron chi connectivity index (χ0n) is 15.3. The molecule has 148 valence electrons. The van der Waals surface area contributed by atoms with Crippen LogP contribution in [0.1, 0.15) is 44.6 Å². The molecule has 1 aromatic carbocycles. The molecule has 0 aromatic heterocycles. The normalized spacial score (nSPS) is 18.2. The number of nitrogens with two attached hydrogens (primary N) is 1. The van der Waals surface area contributed by atoms with Crippen LogP contribution in [0.5, 0.6) is 0 Å². The minimum absolute atomic E-state index is 0. The quantitative estimate of drug-likeness (QED) is 0.694. The van der Waals surface area contributed by atoms with Gasteiger partial charge in [0.2, 0.25) is 15.9 Å². The van der Waals surface area contributed by atoms with Crippen molar-refractivity contribution < 1.29 is 13.2 Å². The van der Waals surface area contributed by atoms with E-state index in [4.69, 9.17) is 5.73 Å². The summed E-state index contributed by atoms with van der Waals surface area (Å²) in [4.78, 5) is 12.0. The number of rotatable bonds is 8. The summed E-state index contributed by atoms with van der Waals surface area (Å²) in [5.74, 6) is -0.130. The number of hydrogen-bond donors (Lipinski definition) is 2. The predicted molar refractivity (Wildman–Crippen MR) is 106 cm³/mol. The smallest absolute Gasteiger partial charge is 0.243 e. The first kappa shape index (κ1) is 22.9. The SMILES string of the molecule is CCCc1ccc(S(=O)(=O)N2CCCCC2CNC(=O)CCN)cc1.Cl. The molecule has 0 saturated carbocycles. The molecule has 0 radical (unpaired) electrons. The molecule has 0 aliphatic carbocycles. The number of hydrogen-bond acceptors (Lipinski definition) is 4. The van der Waals surface area contributed by atoms with Gasteiger partial charge in [-0.3, -0.25) is 4.79 Å². The van der Waals surface area contributed by atoms with E-state index in [1.807, 2.05) is 12.1 Å². The fourth-order valence-corrected chi connectivity index (χ4v) is 4.89. The Labute approximate surface area is 163 Å². The van der Waals surface area contributed by atoms with Crippen molar-refractivity contribution >= 4 is 28.3 Å². The van der Waals surface area contributed by atoms with Crippen molar-refractivity contribution in [2.75, 3.05) is 19.6 Å². The fraction of sp³-hybridized carbons (Fsp3) is 0.611. The molecule has 1 atom stereocenters. The Hall–Kier alpha value is -1.15. The summed E-state index contributed by atoms with van der Waals surface area (Å²) in [7, 11) is -3.55. The summed E-state index contributed by atoms with van der Waals surface area (Å²) in [5, 5.41) is 2.81. The highest BCUT2D eigenvalue weighted by atomic mass is 35.5. The van der Waals surface area contributed by atoms with E-state index < -0.39 is 10.0 Å². The van der Waals surface area contributed by atoms with Crippen LogP contribution in [0.4, 0.5) is 0 Å². The van der Waals surface area contributed by atoms with Gasteiger partial charge in [0.1, 0.15) is 0 Å². The number of sulfonamides is 1. The number of carbonyl (C=O) groups is 1. The van der Waals surface area contributed by atoms with Gasteiger partial charge in [0.15, 0.2) is 0 Å². The topological polar surface area (TPSA) is 92.5 Å². The number of aryl methyl sites for hydroxylation is 1. The van der Waals surface area contributed by atoms with Crippen LogP contribution in [-0.2, 0) is 21.2 Å². The van der Waals surface area contributed by atoms with Gasteiger partial charge in [-0.15, -0.1) is 12.4 Å². The molecule has 26 heavy (non-hydrogen) atoms. The van der Waals surface area contributed by atoms with Gasteiger partial charge in [0, 0.05) is 32.1 Å². The van der Waals surface area contributed by atoms with Gasteiger partial charge in [-0.2, -0.15) is 4.31 Å². The van der Waals surface area contributed by atoms with Gasteiger partial charge in [0.05, 0.1) is 4.90 Å². The molecule has 1 saturated heterocycles. The summed E-state index contributed by atoms with van der Waals surface area (Å²) < 4.78 is 27.6. The first-order valence-electron chi connectivity index (χ1n) is 9.06. The monoisotopic (exact) mass is 403 g/mol. The number of nitrogens with one attached hydrogen (secondary N) is 1. The molecule has 1 aliphatic heterocycles. The maximum absolute atomic E-state index is 13.0. The van der Waals surface area contributed by atoms with Crippen LogP contribution < -0.4 is 11.1 Å². The van der Waals surface area contributed by atoms with Crippen LogP contribution in [0.25, 0.3) is 0 Å². The van der Waals surface area contributed by atoms with Gasteiger partial charge in [0.25, 0.3) is 0 Å². The van der Waals surface area contributed by atoms with Crippen molar-refractivity contribution in [3.8, 4) is 0 Å². The molecule has 1 fully saturated rings. The van der Waals surface area contributed by atoms with E-state index in [-0.39, 0.29) is 30.8 Å². The third kappa shape index (κ3) is 5.94. The van der Waals surface area contributed by atoms with E-state index in [1.165, 1.54) is 0 Å². The van der Waals surface area contributed by atoms with E-state index >= 15 is 0 Å². The van der Waals surface area contributed by atoms with Crippen molar-refractivity contribution in [3.63, 3.8) is 0 Å². The second-order valence-electron chi connectivity index (χ2n) is 6.50. The Kier molecular flexibility index (Phi) is 9.57. The average Bonchev–Trinajstić information content (AvgIpc) is 2.61. The minimum Gasteiger partial charge on any atom is -0.354 e. The molecule has 0 bridgehead atoms. The number of halogens is 1. The third-order valence-electron chi connectivity index (χ3n) is 4.55. The number of piperidine rings is 1. The molecular weight excluding hydrogens is 374 g/mol. The highest BCUT2D eigenvalue weighted by Gasteiger charge is 2.33. The summed E-state index contributed by atoms with van der Waals surface area (Å²) in [6.07, 6.45) is 4.82. The molecule has 1 aromatic rings. The van der Waals surface area contributed by atoms with E-state index in [1.54, 1.807) is 16.4 Å². The van der Waals surface area contributed by atoms with Gasteiger partial charge >= 0.3 is 0 Å². The zero-order valence-corrected chi connectivity index (χ0v) is 16.9. The predicted octanol–water partition coefficient (Wildman–Crippen LogP) is 2.07. The van der Waals surface area contributed by atoms with Crippen LogP contribution in [0.2, 0.25) is 0 Å². The molecule has 1 aliphatic rings. The number of amides is 1. The molecule has 0 spiro atoms. The van der Waals surface area contributed by atoms with E-state index in [9.17, 15) is 13.2 Å². The van der Waals surface area contributed by atoms with Crippen molar-refractivity contribution in [1.82, 2.24) is 9.62 Å². The lowest BCUT2D eigenvalue weighted by atomic mass is 10.1. The Bertz CT molecular complexity index is 665. The molecule has 1 unspecified atom stereocenters. The standard InChI is InChI=1S/C18H29N3O3S.ClH/c1-2-5-15-7-9-17(10-8-15)25(23,24)21-13-4-3-6-16(21)14-20-18(22)11-12-19;/h7-10,16H,2-6,11-14,19H2,1H3,(H,20,22);1H. The second-order valence-corrected chi connectivity index (χ2v) is 8.39. The molecule has 2 rings (SSSR count). The van der Waals surface area contributed by atoms with Gasteiger partial charge in [-0.05, 0) is 37.0 Å². The van der Waals surface area contributed by atoms with Crippen LogP contribution >= 0.6 is 12.4 Å². The Morgan fingerprint density at radius 1 is 1.27 bits per heavy atom. The minimum atomic E-state index is -3.55. The van der Waals surface area contributed by atoms with Gasteiger partial charge in [-0.25, -0.2) is 8.42 Å². The highest BCUT2D eigenvalue weighted by molar-refractivity contribution is 7.89. The van der Waals surface area contributed by atoms with Crippen molar-refractivity contribution in [1.29, 1.82) is 0 Å². The van der Waals surface area contributed by atoms with Crippen LogP contribution in [-0.4, -0.2) is 44.3 Å². The Morgan fingerprint density at radius 2 is 1.96 bits per heavy atom. The summed E-state index contributed by atoms with van der Waals surface area (Å²) in [6.45, 7) is 3.23. The number of carbonyl (C=O) groups excluding carboxylic acids is 1. The summed E-state index contributed by atoms with van der Waals surface area (Å²) in [5.41, 5.74) is 6.52. The lowest BCUT2D eigenvalue weighted by Crippen LogP contribution is -2.49. The lowest BCUT2D eigenvalue weighted by Gasteiger charge is -2.34. The van der Waals surface area contributed by atoms with Crippen molar-refractivity contribution in [3.05, 3.63) is 29.8 Å². The fourth-order valence-electron chi connectivity index (χ4n) is 3.20. The number of benzene rings is 1. The Balaban J connectivity index is 0.00000338. The Morgan fingerprint density at radius 3 is 2.58 bits per heavy atom. The van der Waals surface area contributed by atoms with Crippen LogP contribution in [0.15, 0.2) is 29.2 Å². The van der Waals surface area contributed by atoms with Gasteiger partial charge < -0.3 is 11.1 Å². The lowest BCUT2D eigenvalue weighted by molar-refractivity contribution is -0.121. The van der Waals surface area contributed by atoms with Crippen LogP contribution in [0, 0.1) is 0 Å². The van der Waals surface area contributed by atoms with Crippen molar-refractivity contribution in [2.24, 2.45) is 5.73 Å². The first-order chi connectivity index (χ1) is 12.0. The van der Waals surface area contributed by atoms with Crippen LogP contribution in [0.3, 0.4) is 0 Å². The summed E-state index contributed by atoms with van der Waals surface area (Å²) >= 11 is 0. The first-order valence-corrected chi connectivity index (χ1v) is 10.5. The van der Waals surface area contributed by atoms with E-state index in [0.717, 1.165) is 37.7 Å². The van der Waals surface area contributed by atoms with E-state index in [2.05, 4.69) is 12.2 Å². The van der Waals surface area contributed by atoms with Crippen molar-refractivity contribution in [2.45, 2.75) is 56.4 Å². The zero-order chi connectivity index (χ0) is 18.3. The molecular formula is C18H30ClN3O3S. The molecule has 3 N–H and O–H groups in total. The third-order valence-corrected chi connectivity index (χ3v) is 6.51. The highest BCUT2D eigenvalue weighted by Crippen LogP contribution is 2.25. The number of nitrogens with zero attached hydrogens (tertiary/aromatic N) is 1. The summed E-state index contributed by atoms with van der Waals surface area (Å²) in [6, 6.07) is 6.96. The maximum Gasteiger partial charge on any atom is 0.243 e. The molecule has 8 heteroatoms. The average molecular weight is 404 g/mol. The molecule has 6 nitrogen and oxygen atoms in total. The maximum atomic E-state index is 13.0. The van der Waals surface area contributed by atoms with E-state index in [0.29, 0.717) is 24.5 Å².